The highest BCUT2D eigenvalue weighted by Gasteiger charge is 2.36. The first kappa shape index (κ1) is 37.0. The summed E-state index contributed by atoms with van der Waals surface area (Å²) in [5.41, 5.74) is 20.6. The van der Waals surface area contributed by atoms with Gasteiger partial charge in [0.15, 0.2) is 0 Å². The predicted molar refractivity (Wildman–Crippen MR) is 272 cm³/mol. The van der Waals surface area contributed by atoms with Gasteiger partial charge in [0.1, 0.15) is 22.3 Å². The van der Waals surface area contributed by atoms with E-state index in [1.54, 1.807) is 0 Å². The SMILES string of the molecule is CC1(C)c2ccccc2-c2cc3c(cc21)c1cc(-c2ccc4oc5cccc(-c6cc(-c7ccccc7)nc(-c7ccc8c(c7)oc7ccccc78)c6)c5c4c2)ccc1n3-c1ccccc1. The van der Waals surface area contributed by atoms with E-state index in [-0.39, 0.29) is 5.41 Å². The maximum Gasteiger partial charge on any atom is 0.136 e. The molecule has 0 amide bonds. The molecule has 0 spiro atoms. The van der Waals surface area contributed by atoms with Crippen LogP contribution in [0.25, 0.3) is 127 Å². The Morgan fingerprint density at radius 3 is 1.86 bits per heavy atom. The van der Waals surface area contributed by atoms with E-state index in [4.69, 9.17) is 13.8 Å². The van der Waals surface area contributed by atoms with Gasteiger partial charge in [-0.1, -0.05) is 135 Å². The standard InChI is InChI=1S/C62H40N2O2/c1-62(2)51-21-11-9-18-44(51)47-36-56-49(35-52(47)62)48-30-38(25-28-55(48)64(56)42-16-7-4-8-17-42)39-26-29-58-50(31-39)61-43(20-13-23-59(61)65-58)41-32-53(37-14-5-3-6-15-37)63-54(33-41)40-24-27-46-45-19-10-12-22-57(45)66-60(46)34-40/h3-36H,1-2H3. The van der Waals surface area contributed by atoms with Crippen LogP contribution in [0.3, 0.4) is 0 Å². The van der Waals surface area contributed by atoms with E-state index < -0.39 is 0 Å². The molecule has 4 nitrogen and oxygen atoms in total. The molecule has 0 N–H and O–H groups in total. The normalized spacial score (nSPS) is 13.1. The highest BCUT2D eigenvalue weighted by molar-refractivity contribution is 6.15. The first-order chi connectivity index (χ1) is 32.4. The molecule has 13 aromatic rings. The van der Waals surface area contributed by atoms with Gasteiger partial charge in [-0.15, -0.1) is 0 Å². The van der Waals surface area contributed by atoms with E-state index in [1.165, 1.54) is 44.1 Å². The van der Waals surface area contributed by atoms with Gasteiger partial charge in [0.05, 0.1) is 22.4 Å². The number of aromatic nitrogens is 2. The van der Waals surface area contributed by atoms with Crippen LogP contribution in [-0.4, -0.2) is 9.55 Å². The summed E-state index contributed by atoms with van der Waals surface area (Å²) in [4.78, 5) is 5.28. The Bertz CT molecular complexity index is 4130. The highest BCUT2D eigenvalue weighted by atomic mass is 16.3. The van der Waals surface area contributed by atoms with E-state index >= 15 is 0 Å². The summed E-state index contributed by atoms with van der Waals surface area (Å²) in [6, 6.07) is 74.1. The lowest BCUT2D eigenvalue weighted by Crippen LogP contribution is -2.14. The van der Waals surface area contributed by atoms with E-state index in [1.807, 2.05) is 18.2 Å². The average molecular weight is 845 g/mol. The van der Waals surface area contributed by atoms with Crippen molar-refractivity contribution in [1.29, 1.82) is 0 Å². The fourth-order valence-corrected chi connectivity index (χ4v) is 11.0. The molecule has 0 unspecified atom stereocenters. The number of hydrogen-bond donors (Lipinski definition) is 0. The molecule has 1 aliphatic carbocycles. The van der Waals surface area contributed by atoms with Crippen LogP contribution < -0.4 is 0 Å². The van der Waals surface area contributed by atoms with Crippen LogP contribution in [0, 0.1) is 0 Å². The minimum atomic E-state index is -0.108. The molecule has 0 aliphatic heterocycles. The minimum absolute atomic E-state index is 0.108. The zero-order valence-electron chi connectivity index (χ0n) is 36.3. The van der Waals surface area contributed by atoms with Crippen molar-refractivity contribution in [3.05, 3.63) is 217 Å². The summed E-state index contributed by atoms with van der Waals surface area (Å²) in [7, 11) is 0. The lowest BCUT2D eigenvalue weighted by Gasteiger charge is -2.21. The van der Waals surface area contributed by atoms with Crippen LogP contribution in [0.5, 0.6) is 0 Å². The Labute approximate surface area is 380 Å². The molecule has 0 fully saturated rings. The lowest BCUT2D eigenvalue weighted by atomic mass is 9.82. The van der Waals surface area contributed by atoms with Crippen LogP contribution in [-0.2, 0) is 5.41 Å². The Morgan fingerprint density at radius 1 is 0.364 bits per heavy atom. The summed E-state index contributed by atoms with van der Waals surface area (Å²) < 4.78 is 15.4. The number of benzene rings is 9. The first-order valence-electron chi connectivity index (χ1n) is 22.7. The summed E-state index contributed by atoms with van der Waals surface area (Å²) in [6.07, 6.45) is 0. The Kier molecular flexibility index (Phi) is 7.71. The zero-order chi connectivity index (χ0) is 43.7. The van der Waals surface area contributed by atoms with Gasteiger partial charge >= 0.3 is 0 Å². The van der Waals surface area contributed by atoms with Crippen molar-refractivity contribution in [2.75, 3.05) is 0 Å². The van der Waals surface area contributed by atoms with Crippen molar-refractivity contribution in [3.8, 4) is 61.6 Å². The molecule has 66 heavy (non-hydrogen) atoms. The minimum Gasteiger partial charge on any atom is -0.456 e. The lowest BCUT2D eigenvalue weighted by molar-refractivity contribution is 0.661. The smallest absolute Gasteiger partial charge is 0.136 e. The molecule has 0 atom stereocenters. The topological polar surface area (TPSA) is 44.1 Å². The fraction of sp³-hybridized carbons (Fsp3) is 0.0484. The van der Waals surface area contributed by atoms with Gasteiger partial charge in [0, 0.05) is 54.5 Å². The Balaban J connectivity index is 0.948. The summed E-state index contributed by atoms with van der Waals surface area (Å²) in [5, 5.41) is 6.86. The largest absolute Gasteiger partial charge is 0.456 e. The van der Waals surface area contributed by atoms with Crippen molar-refractivity contribution >= 4 is 65.7 Å². The van der Waals surface area contributed by atoms with E-state index in [9.17, 15) is 0 Å². The monoisotopic (exact) mass is 844 g/mol. The third-order valence-electron chi connectivity index (χ3n) is 14.2. The van der Waals surface area contributed by atoms with Gasteiger partial charge in [0.25, 0.3) is 0 Å². The maximum absolute atomic E-state index is 6.65. The van der Waals surface area contributed by atoms with Gasteiger partial charge in [0.2, 0.25) is 0 Å². The second kappa shape index (κ2) is 13.8. The van der Waals surface area contributed by atoms with Crippen molar-refractivity contribution in [1.82, 2.24) is 9.55 Å². The number of para-hydroxylation sites is 2. The highest BCUT2D eigenvalue weighted by Crippen LogP contribution is 2.51. The molecule has 9 aromatic carbocycles. The van der Waals surface area contributed by atoms with Crippen molar-refractivity contribution in [3.63, 3.8) is 0 Å². The zero-order valence-corrected chi connectivity index (χ0v) is 36.3. The maximum atomic E-state index is 6.65. The van der Waals surface area contributed by atoms with Gasteiger partial charge < -0.3 is 13.4 Å². The quantitative estimate of drug-likeness (QED) is 0.173. The third kappa shape index (κ3) is 5.42. The molecule has 0 radical (unpaired) electrons. The predicted octanol–water partition coefficient (Wildman–Crippen LogP) is 17.0. The summed E-state index contributed by atoms with van der Waals surface area (Å²) in [5.74, 6) is 0. The number of nitrogens with zero attached hydrogens (tertiary/aromatic N) is 2. The molecule has 1 aliphatic rings. The Morgan fingerprint density at radius 2 is 1.00 bits per heavy atom. The van der Waals surface area contributed by atoms with Crippen molar-refractivity contribution in [2.45, 2.75) is 19.3 Å². The molecule has 0 saturated carbocycles. The molecule has 14 rings (SSSR count). The molecule has 0 bridgehead atoms. The third-order valence-corrected chi connectivity index (χ3v) is 14.2. The average Bonchev–Trinajstić information content (AvgIpc) is 4.09. The second-order valence-electron chi connectivity index (χ2n) is 18.3. The number of hydrogen-bond acceptors (Lipinski definition) is 3. The number of fused-ring (bicyclic) bond motifs is 12. The molecule has 310 valence electrons. The molecule has 4 heterocycles. The van der Waals surface area contributed by atoms with Crippen LogP contribution in [0.2, 0.25) is 0 Å². The van der Waals surface area contributed by atoms with Crippen LogP contribution in [0.15, 0.2) is 215 Å². The summed E-state index contributed by atoms with van der Waals surface area (Å²) >= 11 is 0. The van der Waals surface area contributed by atoms with Crippen molar-refractivity contribution in [2.24, 2.45) is 0 Å². The molecule has 0 saturated heterocycles. The number of furan rings is 2. The van der Waals surface area contributed by atoms with Gasteiger partial charge in [-0.25, -0.2) is 4.98 Å². The number of pyridine rings is 1. The molecule has 4 heteroatoms. The molecule has 4 aromatic heterocycles. The second-order valence-corrected chi connectivity index (χ2v) is 18.3. The van der Waals surface area contributed by atoms with Crippen molar-refractivity contribution < 1.29 is 8.83 Å². The molecular formula is C62H40N2O2. The Hall–Kier alpha value is -8.47. The van der Waals surface area contributed by atoms with Crippen LogP contribution in [0.4, 0.5) is 0 Å². The van der Waals surface area contributed by atoms with E-state index in [0.29, 0.717) is 0 Å². The number of rotatable bonds is 5. The first-order valence-corrected chi connectivity index (χ1v) is 22.7. The fourth-order valence-electron chi connectivity index (χ4n) is 11.0. The van der Waals surface area contributed by atoms with Crippen LogP contribution in [0.1, 0.15) is 25.0 Å². The van der Waals surface area contributed by atoms with E-state index in [2.05, 4.69) is 206 Å². The van der Waals surface area contributed by atoms with Gasteiger partial charge in [-0.05, 0) is 129 Å². The van der Waals surface area contributed by atoms with Gasteiger partial charge in [-0.2, -0.15) is 0 Å². The molecular weight excluding hydrogens is 805 g/mol. The summed E-state index contributed by atoms with van der Waals surface area (Å²) in [6.45, 7) is 4.72. The van der Waals surface area contributed by atoms with E-state index in [0.717, 1.165) is 94.3 Å². The van der Waals surface area contributed by atoms with Crippen LogP contribution >= 0.6 is 0 Å². The van der Waals surface area contributed by atoms with Gasteiger partial charge in [-0.3, -0.25) is 0 Å².